The van der Waals surface area contributed by atoms with Crippen molar-refractivity contribution >= 4 is 38.9 Å². The maximum atomic E-state index is 12.9. The van der Waals surface area contributed by atoms with Crippen molar-refractivity contribution in [1.29, 1.82) is 0 Å². The van der Waals surface area contributed by atoms with E-state index in [0.717, 1.165) is 34.8 Å². The fourth-order valence-corrected chi connectivity index (χ4v) is 4.08. The molecule has 0 fully saturated rings. The van der Waals surface area contributed by atoms with Crippen LogP contribution in [0.4, 0.5) is 5.69 Å². The van der Waals surface area contributed by atoms with Gasteiger partial charge in [0, 0.05) is 39.1 Å². The molecule has 0 spiro atoms. The number of aromatic nitrogens is 2. The molecular formula is C21H22N4O2S. The van der Waals surface area contributed by atoms with Gasteiger partial charge in [-0.15, -0.1) is 0 Å². The number of benzene rings is 2. The Morgan fingerprint density at radius 3 is 2.86 bits per heavy atom. The van der Waals surface area contributed by atoms with Crippen LogP contribution in [0.5, 0.6) is 0 Å². The van der Waals surface area contributed by atoms with Crippen LogP contribution < -0.4 is 10.2 Å². The van der Waals surface area contributed by atoms with E-state index < -0.39 is 0 Å². The second-order valence-corrected chi connectivity index (χ2v) is 7.56. The summed E-state index contributed by atoms with van der Waals surface area (Å²) in [6.07, 6.45) is 1.89. The van der Waals surface area contributed by atoms with Crippen LogP contribution in [-0.4, -0.2) is 42.6 Å². The molecule has 0 aliphatic heterocycles. The Labute approximate surface area is 167 Å². The van der Waals surface area contributed by atoms with Gasteiger partial charge in [-0.1, -0.05) is 35.6 Å². The van der Waals surface area contributed by atoms with E-state index in [1.165, 1.54) is 16.9 Å². The molecule has 0 radical (unpaired) electrons. The maximum Gasteiger partial charge on any atom is 0.269 e. The minimum atomic E-state index is -0.0350. The Hall–Kier alpha value is -2.74. The SMILES string of the molecule is COCCNCc1ccc2nc3sc(C(=O)N(C)c4ccccc4)cn3c2c1. The summed E-state index contributed by atoms with van der Waals surface area (Å²) < 4.78 is 7.07. The molecule has 2 aromatic heterocycles. The van der Waals surface area contributed by atoms with E-state index in [2.05, 4.69) is 22.4 Å². The van der Waals surface area contributed by atoms with E-state index in [9.17, 15) is 4.79 Å². The first kappa shape index (κ1) is 18.6. The summed E-state index contributed by atoms with van der Waals surface area (Å²) in [4.78, 5) is 20.7. The number of anilines is 1. The third kappa shape index (κ3) is 3.64. The molecule has 28 heavy (non-hydrogen) atoms. The molecule has 2 aromatic carbocycles. The summed E-state index contributed by atoms with van der Waals surface area (Å²) in [5, 5.41) is 3.35. The number of hydrogen-bond donors (Lipinski definition) is 1. The number of nitrogens with zero attached hydrogens (tertiary/aromatic N) is 3. The number of rotatable bonds is 7. The van der Waals surface area contributed by atoms with Crippen molar-refractivity contribution in [3.63, 3.8) is 0 Å². The van der Waals surface area contributed by atoms with Crippen LogP contribution in [0.3, 0.4) is 0 Å². The standard InChI is InChI=1S/C21H22N4O2S/c1-24(16-6-4-3-5-7-16)20(26)19-14-25-18-12-15(13-22-10-11-27-2)8-9-17(18)23-21(25)28-19/h3-9,12,14,22H,10-11,13H2,1-2H3. The van der Waals surface area contributed by atoms with Crippen molar-refractivity contribution in [2.24, 2.45) is 0 Å². The van der Waals surface area contributed by atoms with E-state index >= 15 is 0 Å². The predicted molar refractivity (Wildman–Crippen MR) is 113 cm³/mol. The van der Waals surface area contributed by atoms with Crippen LogP contribution in [0.25, 0.3) is 16.0 Å². The van der Waals surface area contributed by atoms with Crippen molar-refractivity contribution < 1.29 is 9.53 Å². The molecule has 1 N–H and O–H groups in total. The smallest absolute Gasteiger partial charge is 0.269 e. The second-order valence-electron chi connectivity index (χ2n) is 6.55. The van der Waals surface area contributed by atoms with E-state index in [1.54, 1.807) is 19.1 Å². The van der Waals surface area contributed by atoms with Crippen molar-refractivity contribution in [2.75, 3.05) is 32.2 Å². The van der Waals surface area contributed by atoms with Crippen LogP contribution in [0.2, 0.25) is 0 Å². The fourth-order valence-electron chi connectivity index (χ4n) is 3.11. The Morgan fingerprint density at radius 2 is 2.07 bits per heavy atom. The number of amides is 1. The number of imidazole rings is 1. The van der Waals surface area contributed by atoms with Crippen molar-refractivity contribution in [2.45, 2.75) is 6.54 Å². The molecule has 6 nitrogen and oxygen atoms in total. The van der Waals surface area contributed by atoms with Gasteiger partial charge in [0.05, 0.1) is 17.6 Å². The van der Waals surface area contributed by atoms with Gasteiger partial charge in [-0.2, -0.15) is 0 Å². The van der Waals surface area contributed by atoms with Gasteiger partial charge in [0.2, 0.25) is 0 Å². The predicted octanol–water partition coefficient (Wildman–Crippen LogP) is 3.56. The lowest BCUT2D eigenvalue weighted by Crippen LogP contribution is -2.25. The number of carbonyl (C=O) groups is 1. The summed E-state index contributed by atoms with van der Waals surface area (Å²) in [5.74, 6) is -0.0350. The van der Waals surface area contributed by atoms with Crippen molar-refractivity contribution in [3.05, 3.63) is 65.2 Å². The molecule has 0 saturated carbocycles. The van der Waals surface area contributed by atoms with Gasteiger partial charge >= 0.3 is 0 Å². The van der Waals surface area contributed by atoms with Gasteiger partial charge < -0.3 is 15.0 Å². The van der Waals surface area contributed by atoms with Crippen LogP contribution in [0.15, 0.2) is 54.7 Å². The molecule has 0 bridgehead atoms. The molecular weight excluding hydrogens is 372 g/mol. The molecule has 0 saturated heterocycles. The number of fused-ring (bicyclic) bond motifs is 3. The zero-order valence-electron chi connectivity index (χ0n) is 15.9. The molecule has 4 rings (SSSR count). The monoisotopic (exact) mass is 394 g/mol. The molecule has 7 heteroatoms. The summed E-state index contributed by atoms with van der Waals surface area (Å²) in [6.45, 7) is 2.25. The van der Waals surface area contributed by atoms with E-state index in [1.807, 2.05) is 47.0 Å². The van der Waals surface area contributed by atoms with Crippen LogP contribution in [0, 0.1) is 0 Å². The van der Waals surface area contributed by atoms with Crippen LogP contribution in [-0.2, 0) is 11.3 Å². The van der Waals surface area contributed by atoms with Crippen molar-refractivity contribution in [3.8, 4) is 0 Å². The zero-order valence-corrected chi connectivity index (χ0v) is 16.7. The van der Waals surface area contributed by atoms with Gasteiger partial charge in [-0.3, -0.25) is 9.20 Å². The molecule has 0 atom stereocenters. The third-order valence-corrected chi connectivity index (χ3v) is 5.61. The highest BCUT2D eigenvalue weighted by atomic mass is 32.1. The number of thiazole rings is 1. The average Bonchev–Trinajstić information content (AvgIpc) is 3.29. The van der Waals surface area contributed by atoms with Gasteiger partial charge in [0.25, 0.3) is 5.91 Å². The van der Waals surface area contributed by atoms with Crippen LogP contribution >= 0.6 is 11.3 Å². The molecule has 0 aliphatic carbocycles. The number of hydrogen-bond acceptors (Lipinski definition) is 5. The molecule has 1 amide bonds. The molecule has 0 unspecified atom stereocenters. The first-order chi connectivity index (χ1) is 13.7. The zero-order chi connectivity index (χ0) is 19.5. The Morgan fingerprint density at radius 1 is 1.25 bits per heavy atom. The molecule has 2 heterocycles. The Kier molecular flexibility index (Phi) is 5.38. The molecule has 144 valence electrons. The Bertz CT molecular complexity index is 1100. The average molecular weight is 395 g/mol. The number of nitrogens with one attached hydrogen (secondary N) is 1. The summed E-state index contributed by atoms with van der Waals surface area (Å²) in [7, 11) is 3.49. The number of ether oxygens (including phenoxy) is 1. The number of methoxy groups -OCH3 is 1. The topological polar surface area (TPSA) is 58.9 Å². The lowest BCUT2D eigenvalue weighted by Gasteiger charge is -2.15. The van der Waals surface area contributed by atoms with Gasteiger partial charge in [0.1, 0.15) is 4.88 Å². The minimum absolute atomic E-state index is 0.0350. The Balaban J connectivity index is 1.60. The molecule has 4 aromatic rings. The molecule has 0 aliphatic rings. The summed E-state index contributed by atoms with van der Waals surface area (Å²) in [6, 6.07) is 15.9. The largest absolute Gasteiger partial charge is 0.383 e. The normalized spacial score (nSPS) is 11.4. The highest BCUT2D eigenvalue weighted by molar-refractivity contribution is 7.19. The maximum absolute atomic E-state index is 12.9. The quantitative estimate of drug-likeness (QED) is 0.487. The van der Waals surface area contributed by atoms with Crippen LogP contribution in [0.1, 0.15) is 15.2 Å². The van der Waals surface area contributed by atoms with E-state index in [0.29, 0.717) is 11.5 Å². The first-order valence-electron chi connectivity index (χ1n) is 9.10. The first-order valence-corrected chi connectivity index (χ1v) is 9.92. The van der Waals surface area contributed by atoms with Gasteiger partial charge in [-0.05, 0) is 29.8 Å². The van der Waals surface area contributed by atoms with Crippen molar-refractivity contribution in [1.82, 2.24) is 14.7 Å². The second kappa shape index (κ2) is 8.10. The van der Waals surface area contributed by atoms with E-state index in [-0.39, 0.29) is 5.91 Å². The fraction of sp³-hybridized carbons (Fsp3) is 0.238. The summed E-state index contributed by atoms with van der Waals surface area (Å²) >= 11 is 1.41. The van der Waals surface area contributed by atoms with E-state index in [4.69, 9.17) is 4.74 Å². The summed E-state index contributed by atoms with van der Waals surface area (Å²) in [5.41, 5.74) is 3.99. The highest BCUT2D eigenvalue weighted by Gasteiger charge is 2.18. The number of para-hydroxylation sites is 1. The van der Waals surface area contributed by atoms with Gasteiger partial charge in [-0.25, -0.2) is 4.98 Å². The minimum Gasteiger partial charge on any atom is -0.383 e. The highest BCUT2D eigenvalue weighted by Crippen LogP contribution is 2.26. The lowest BCUT2D eigenvalue weighted by atomic mass is 10.2. The number of carbonyl (C=O) groups excluding carboxylic acids is 1. The van der Waals surface area contributed by atoms with Gasteiger partial charge in [0.15, 0.2) is 4.96 Å². The third-order valence-electron chi connectivity index (χ3n) is 4.64. The lowest BCUT2D eigenvalue weighted by molar-refractivity contribution is 0.0996.